The molecule has 0 atom stereocenters. The largest absolute Gasteiger partial charge is 0.196 e. The van der Waals surface area contributed by atoms with Gasteiger partial charge in [-0.1, -0.05) is 30.3 Å². The Morgan fingerprint density at radius 3 is 2.06 bits per heavy atom. The van der Waals surface area contributed by atoms with Crippen LogP contribution in [0.3, 0.4) is 0 Å². The van der Waals surface area contributed by atoms with Crippen LogP contribution in [0.4, 0.5) is 0 Å². The molecule has 0 saturated carbocycles. The Morgan fingerprint density at radius 2 is 1.62 bits per heavy atom. The molecule has 0 unspecified atom stereocenters. The van der Waals surface area contributed by atoms with E-state index in [9.17, 15) is 0 Å². The highest BCUT2D eigenvalue weighted by atomic mass is 14.3. The van der Waals surface area contributed by atoms with Crippen LogP contribution in [0.2, 0.25) is 0 Å². The molecule has 0 spiro atoms. The molecule has 0 fully saturated rings. The Bertz CT molecular complexity index is 507. The number of allylic oxidation sites excluding steroid dienone is 2. The highest BCUT2D eigenvalue weighted by Gasteiger charge is 2.17. The van der Waals surface area contributed by atoms with Gasteiger partial charge in [0, 0.05) is 11.1 Å². The van der Waals surface area contributed by atoms with Crippen molar-refractivity contribution in [1.82, 2.24) is 0 Å². The van der Waals surface area contributed by atoms with Crippen molar-refractivity contribution in [2.75, 3.05) is 0 Å². The first kappa shape index (κ1) is 11.5. The Balaban J connectivity index is 3.38. The average molecular weight is 207 g/mol. The molecule has 76 valence electrons. The van der Waals surface area contributed by atoms with Crippen LogP contribution in [0.25, 0.3) is 5.57 Å². The van der Waals surface area contributed by atoms with E-state index in [0.717, 1.165) is 5.56 Å². The fraction of sp³-hybridized carbons (Fsp3) is 0.154. The zero-order chi connectivity index (χ0) is 12.0. The van der Waals surface area contributed by atoms with E-state index in [1.807, 2.05) is 36.4 Å². The lowest BCUT2D eigenvalue weighted by Gasteiger charge is -2.08. The van der Waals surface area contributed by atoms with Crippen LogP contribution in [0, 0.1) is 39.9 Å². The molecule has 0 saturated heterocycles. The molecule has 0 aliphatic carbocycles. The van der Waals surface area contributed by atoms with Gasteiger partial charge in [-0.15, -0.1) is 0 Å². The Labute approximate surface area is 94.5 Å². The van der Waals surface area contributed by atoms with Crippen LogP contribution in [-0.4, -0.2) is 0 Å². The lowest BCUT2D eigenvalue weighted by molar-refractivity contribution is 1.10. The van der Waals surface area contributed by atoms with Gasteiger partial charge in [0.1, 0.15) is 0 Å². The quantitative estimate of drug-likeness (QED) is 0.700. The van der Waals surface area contributed by atoms with E-state index in [-0.39, 0.29) is 0 Å². The zero-order valence-corrected chi connectivity index (χ0v) is 8.81. The molecule has 1 aromatic rings. The molecule has 3 nitrogen and oxygen atoms in total. The molecule has 3 heteroatoms. The molecule has 0 heterocycles. The molecule has 0 aliphatic heterocycles. The second-order valence-corrected chi connectivity index (χ2v) is 3.21. The van der Waals surface area contributed by atoms with Crippen LogP contribution in [0.5, 0.6) is 0 Å². The van der Waals surface area contributed by atoms with E-state index in [2.05, 4.69) is 0 Å². The van der Waals surface area contributed by atoms with E-state index >= 15 is 0 Å². The van der Waals surface area contributed by atoms with Crippen molar-refractivity contribution in [1.29, 1.82) is 15.8 Å². The minimum absolute atomic E-state index is 0.402. The SMILES string of the molecule is CC(C#N)=C(c1ccccc1)C(C#N)C#N. The van der Waals surface area contributed by atoms with Crippen molar-refractivity contribution >= 4 is 5.57 Å². The number of hydrogen-bond acceptors (Lipinski definition) is 3. The summed E-state index contributed by atoms with van der Waals surface area (Å²) in [7, 11) is 0. The van der Waals surface area contributed by atoms with Crippen LogP contribution in [0.15, 0.2) is 35.9 Å². The van der Waals surface area contributed by atoms with Crippen LogP contribution in [-0.2, 0) is 0 Å². The predicted molar refractivity (Wildman–Crippen MR) is 59.4 cm³/mol. The van der Waals surface area contributed by atoms with Crippen LogP contribution >= 0.6 is 0 Å². The molecule has 16 heavy (non-hydrogen) atoms. The third-order valence-corrected chi connectivity index (χ3v) is 2.20. The predicted octanol–water partition coefficient (Wildman–Crippen LogP) is 2.65. The number of benzene rings is 1. The lowest BCUT2D eigenvalue weighted by atomic mass is 9.91. The van der Waals surface area contributed by atoms with Gasteiger partial charge >= 0.3 is 0 Å². The van der Waals surface area contributed by atoms with Crippen LogP contribution in [0.1, 0.15) is 12.5 Å². The fourth-order valence-corrected chi connectivity index (χ4v) is 1.44. The molecular formula is C13H9N3. The second kappa shape index (κ2) is 5.35. The molecule has 1 aromatic carbocycles. The van der Waals surface area contributed by atoms with Gasteiger partial charge in [-0.3, -0.25) is 0 Å². The summed E-state index contributed by atoms with van der Waals surface area (Å²) >= 11 is 0. The van der Waals surface area contributed by atoms with Gasteiger partial charge in [0.15, 0.2) is 5.92 Å². The van der Waals surface area contributed by atoms with Gasteiger partial charge in [0.05, 0.1) is 18.2 Å². The minimum atomic E-state index is -0.901. The summed E-state index contributed by atoms with van der Waals surface area (Å²) in [5.74, 6) is -0.901. The smallest absolute Gasteiger partial charge is 0.159 e. The standard InChI is InChI=1S/C13H9N3/c1-10(7-14)13(12(8-15)9-16)11-5-3-2-4-6-11/h2-6,12H,1H3. The van der Waals surface area contributed by atoms with E-state index in [1.54, 1.807) is 19.1 Å². The van der Waals surface area contributed by atoms with E-state index in [1.165, 1.54) is 0 Å². The Morgan fingerprint density at radius 1 is 1.06 bits per heavy atom. The molecule has 0 aliphatic rings. The van der Waals surface area contributed by atoms with Gasteiger partial charge in [-0.05, 0) is 12.5 Å². The summed E-state index contributed by atoms with van der Waals surface area (Å²) in [5, 5.41) is 26.7. The van der Waals surface area contributed by atoms with Crippen molar-refractivity contribution in [2.24, 2.45) is 5.92 Å². The molecule has 0 N–H and O–H groups in total. The van der Waals surface area contributed by atoms with Gasteiger partial charge in [-0.25, -0.2) is 0 Å². The first-order valence-corrected chi connectivity index (χ1v) is 4.70. The highest BCUT2D eigenvalue weighted by Crippen LogP contribution is 2.26. The summed E-state index contributed by atoms with van der Waals surface area (Å²) in [4.78, 5) is 0. The Kier molecular flexibility index (Phi) is 3.84. The fourth-order valence-electron chi connectivity index (χ4n) is 1.44. The molecule has 0 radical (unpaired) electrons. The monoisotopic (exact) mass is 207 g/mol. The van der Waals surface area contributed by atoms with Crippen molar-refractivity contribution in [3.05, 3.63) is 41.5 Å². The topological polar surface area (TPSA) is 71.4 Å². The summed E-state index contributed by atoms with van der Waals surface area (Å²) in [6.07, 6.45) is 0. The molecule has 0 bridgehead atoms. The summed E-state index contributed by atoms with van der Waals surface area (Å²) < 4.78 is 0. The number of nitrogens with zero attached hydrogens (tertiary/aromatic N) is 3. The summed E-state index contributed by atoms with van der Waals surface area (Å²) in [5.41, 5.74) is 1.64. The van der Waals surface area contributed by atoms with E-state index in [4.69, 9.17) is 15.8 Å². The second-order valence-electron chi connectivity index (χ2n) is 3.21. The van der Waals surface area contributed by atoms with Gasteiger partial charge in [0.2, 0.25) is 0 Å². The minimum Gasteiger partial charge on any atom is -0.196 e. The normalized spacial score (nSPS) is 10.9. The average Bonchev–Trinajstić information content (AvgIpc) is 2.36. The summed E-state index contributed by atoms with van der Waals surface area (Å²) in [6.45, 7) is 1.62. The first-order chi connectivity index (χ1) is 7.74. The number of rotatable bonds is 2. The molecule has 0 aromatic heterocycles. The number of nitriles is 3. The van der Waals surface area contributed by atoms with Gasteiger partial charge in [0.25, 0.3) is 0 Å². The van der Waals surface area contributed by atoms with E-state index < -0.39 is 5.92 Å². The van der Waals surface area contributed by atoms with E-state index in [0.29, 0.717) is 11.1 Å². The van der Waals surface area contributed by atoms with Crippen molar-refractivity contribution in [3.8, 4) is 18.2 Å². The number of hydrogen-bond donors (Lipinski definition) is 0. The van der Waals surface area contributed by atoms with Crippen molar-refractivity contribution in [3.63, 3.8) is 0 Å². The van der Waals surface area contributed by atoms with Crippen molar-refractivity contribution in [2.45, 2.75) is 6.92 Å². The Hall–Kier alpha value is -2.57. The van der Waals surface area contributed by atoms with Gasteiger partial charge in [-0.2, -0.15) is 15.8 Å². The highest BCUT2D eigenvalue weighted by molar-refractivity contribution is 5.76. The maximum absolute atomic E-state index is 8.89. The first-order valence-electron chi connectivity index (χ1n) is 4.70. The van der Waals surface area contributed by atoms with Crippen molar-refractivity contribution < 1.29 is 0 Å². The third-order valence-electron chi connectivity index (χ3n) is 2.20. The van der Waals surface area contributed by atoms with Crippen LogP contribution < -0.4 is 0 Å². The maximum Gasteiger partial charge on any atom is 0.159 e. The molecule has 1 rings (SSSR count). The summed E-state index contributed by atoms with van der Waals surface area (Å²) in [6, 6.07) is 14.8. The maximum atomic E-state index is 8.89. The zero-order valence-electron chi connectivity index (χ0n) is 8.81. The molecule has 0 amide bonds. The molecular weight excluding hydrogens is 198 g/mol. The lowest BCUT2D eigenvalue weighted by Crippen LogP contribution is -2.00. The van der Waals surface area contributed by atoms with Gasteiger partial charge < -0.3 is 0 Å². The third kappa shape index (κ3) is 2.27.